The van der Waals surface area contributed by atoms with Crippen LogP contribution in [0.15, 0.2) is 42.5 Å². The molecule has 0 bridgehead atoms. The fourth-order valence-electron chi connectivity index (χ4n) is 1.90. The van der Waals surface area contributed by atoms with Gasteiger partial charge in [0, 0.05) is 6.42 Å². The van der Waals surface area contributed by atoms with Crippen molar-refractivity contribution in [3.8, 4) is 11.1 Å². The molecule has 0 aliphatic heterocycles. The van der Waals surface area contributed by atoms with Crippen molar-refractivity contribution >= 4 is 29.0 Å². The lowest BCUT2D eigenvalue weighted by atomic mass is 10.0. The fraction of sp³-hybridized carbons (Fsp3) is 0.188. The van der Waals surface area contributed by atoms with Crippen molar-refractivity contribution in [2.24, 2.45) is 0 Å². The summed E-state index contributed by atoms with van der Waals surface area (Å²) in [5.41, 5.74) is 3.26. The first-order valence-corrected chi connectivity index (χ1v) is 6.85. The second-order valence-electron chi connectivity index (χ2n) is 4.53. The lowest BCUT2D eigenvalue weighted by molar-refractivity contribution is -0.116. The van der Waals surface area contributed by atoms with E-state index in [0.29, 0.717) is 16.5 Å². The number of carbonyl (C=O) groups excluding carboxylic acids is 1. The fourth-order valence-corrected chi connectivity index (χ4v) is 2.20. The van der Waals surface area contributed by atoms with Gasteiger partial charge >= 0.3 is 0 Å². The first-order chi connectivity index (χ1) is 9.06. The summed E-state index contributed by atoms with van der Waals surface area (Å²) < 4.78 is 0. The van der Waals surface area contributed by atoms with Gasteiger partial charge in [-0.25, -0.2) is 0 Å². The highest BCUT2D eigenvalue weighted by atomic mass is 35.5. The zero-order chi connectivity index (χ0) is 13.8. The molecule has 2 rings (SSSR count). The molecule has 0 N–H and O–H groups in total. The number of rotatable bonds is 4. The van der Waals surface area contributed by atoms with E-state index in [9.17, 15) is 4.79 Å². The minimum atomic E-state index is 0.208. The number of hydrogen-bond donors (Lipinski definition) is 0. The molecule has 0 aliphatic carbocycles. The van der Waals surface area contributed by atoms with Crippen molar-refractivity contribution in [3.63, 3.8) is 0 Å². The standard InChI is InChI=1S/C16H14Cl2O/c1-11(19)5-6-12-3-2-4-13(9-12)14-7-8-15(17)16(18)10-14/h2-4,7-10H,5-6H2,1H3. The third kappa shape index (κ3) is 3.82. The van der Waals surface area contributed by atoms with E-state index in [-0.39, 0.29) is 5.78 Å². The Morgan fingerprint density at radius 3 is 2.42 bits per heavy atom. The van der Waals surface area contributed by atoms with Crippen molar-refractivity contribution in [2.75, 3.05) is 0 Å². The summed E-state index contributed by atoms with van der Waals surface area (Å²) in [5, 5.41) is 1.10. The maximum atomic E-state index is 11.0. The first kappa shape index (κ1) is 14.1. The van der Waals surface area contributed by atoms with Crippen LogP contribution in [0, 0.1) is 0 Å². The quantitative estimate of drug-likeness (QED) is 0.759. The third-order valence-corrected chi connectivity index (χ3v) is 3.68. The van der Waals surface area contributed by atoms with Crippen molar-refractivity contribution < 1.29 is 4.79 Å². The molecule has 3 heteroatoms. The van der Waals surface area contributed by atoms with E-state index >= 15 is 0 Å². The van der Waals surface area contributed by atoms with E-state index in [1.165, 1.54) is 0 Å². The van der Waals surface area contributed by atoms with Gasteiger partial charge in [0.2, 0.25) is 0 Å². The van der Waals surface area contributed by atoms with Gasteiger partial charge in [0.15, 0.2) is 0 Å². The molecule has 0 radical (unpaired) electrons. The van der Waals surface area contributed by atoms with E-state index in [0.717, 1.165) is 23.1 Å². The molecule has 0 heterocycles. The first-order valence-electron chi connectivity index (χ1n) is 6.10. The molecule has 0 aliphatic rings. The molecule has 0 saturated carbocycles. The number of aryl methyl sites for hydroxylation is 1. The predicted octanol–water partition coefficient (Wildman–Crippen LogP) is 5.18. The zero-order valence-electron chi connectivity index (χ0n) is 10.6. The molecule has 19 heavy (non-hydrogen) atoms. The summed E-state index contributed by atoms with van der Waals surface area (Å²) in [4.78, 5) is 11.0. The van der Waals surface area contributed by atoms with Gasteiger partial charge in [0.05, 0.1) is 10.0 Å². The minimum absolute atomic E-state index is 0.208. The second kappa shape index (κ2) is 6.23. The summed E-state index contributed by atoms with van der Waals surface area (Å²) in [6, 6.07) is 13.7. The summed E-state index contributed by atoms with van der Waals surface area (Å²) in [7, 11) is 0. The van der Waals surface area contributed by atoms with Gasteiger partial charge in [-0.2, -0.15) is 0 Å². The highest BCUT2D eigenvalue weighted by Gasteiger charge is 2.04. The van der Waals surface area contributed by atoms with Crippen molar-refractivity contribution in [1.82, 2.24) is 0 Å². The maximum absolute atomic E-state index is 11.0. The third-order valence-electron chi connectivity index (χ3n) is 2.95. The molecule has 0 unspecified atom stereocenters. The Morgan fingerprint density at radius 1 is 1.00 bits per heavy atom. The number of halogens is 2. The second-order valence-corrected chi connectivity index (χ2v) is 5.35. The van der Waals surface area contributed by atoms with Crippen LogP contribution in [0.5, 0.6) is 0 Å². The maximum Gasteiger partial charge on any atom is 0.130 e. The van der Waals surface area contributed by atoms with Crippen LogP contribution in [0.4, 0.5) is 0 Å². The molecule has 0 spiro atoms. The Kier molecular flexibility index (Phi) is 4.62. The average Bonchev–Trinajstić information content (AvgIpc) is 2.40. The largest absolute Gasteiger partial charge is 0.300 e. The Morgan fingerprint density at radius 2 is 1.74 bits per heavy atom. The van der Waals surface area contributed by atoms with Gasteiger partial charge in [-0.3, -0.25) is 0 Å². The lowest BCUT2D eigenvalue weighted by Crippen LogP contribution is -1.94. The molecule has 0 aromatic heterocycles. The van der Waals surface area contributed by atoms with Crippen molar-refractivity contribution in [1.29, 1.82) is 0 Å². The average molecular weight is 293 g/mol. The van der Waals surface area contributed by atoms with E-state index in [1.807, 2.05) is 30.3 Å². The van der Waals surface area contributed by atoms with E-state index in [2.05, 4.69) is 6.07 Å². The minimum Gasteiger partial charge on any atom is -0.300 e. The van der Waals surface area contributed by atoms with E-state index in [1.54, 1.807) is 13.0 Å². The van der Waals surface area contributed by atoms with Crippen LogP contribution in [0.1, 0.15) is 18.9 Å². The number of carbonyl (C=O) groups is 1. The Balaban J connectivity index is 2.27. The summed E-state index contributed by atoms with van der Waals surface area (Å²) in [6.07, 6.45) is 1.34. The van der Waals surface area contributed by atoms with E-state index in [4.69, 9.17) is 23.2 Å². The van der Waals surface area contributed by atoms with Gasteiger partial charge in [0.1, 0.15) is 5.78 Å². The number of benzene rings is 2. The normalized spacial score (nSPS) is 10.5. The van der Waals surface area contributed by atoms with Crippen LogP contribution in [0.25, 0.3) is 11.1 Å². The molecule has 0 fully saturated rings. The number of Topliss-reactive ketones (excluding diaryl/α,β-unsaturated/α-hetero) is 1. The zero-order valence-corrected chi connectivity index (χ0v) is 12.1. The topological polar surface area (TPSA) is 17.1 Å². The molecule has 0 amide bonds. The van der Waals surface area contributed by atoms with Crippen LogP contribution < -0.4 is 0 Å². The molecule has 2 aromatic rings. The Bertz CT molecular complexity index is 605. The smallest absolute Gasteiger partial charge is 0.130 e. The Hall–Kier alpha value is -1.31. The number of ketones is 1. The van der Waals surface area contributed by atoms with Crippen molar-refractivity contribution in [3.05, 3.63) is 58.1 Å². The Labute approximate surface area is 123 Å². The summed E-state index contributed by atoms with van der Waals surface area (Å²) >= 11 is 11.9. The molecular formula is C16H14Cl2O. The van der Waals surface area contributed by atoms with Gasteiger partial charge in [0.25, 0.3) is 0 Å². The van der Waals surface area contributed by atoms with Crippen molar-refractivity contribution in [2.45, 2.75) is 19.8 Å². The monoisotopic (exact) mass is 292 g/mol. The van der Waals surface area contributed by atoms with Crippen LogP contribution in [0.3, 0.4) is 0 Å². The van der Waals surface area contributed by atoms with Crippen LogP contribution >= 0.6 is 23.2 Å². The SMILES string of the molecule is CC(=O)CCc1cccc(-c2ccc(Cl)c(Cl)c2)c1. The van der Waals surface area contributed by atoms with E-state index < -0.39 is 0 Å². The molecule has 2 aromatic carbocycles. The van der Waals surface area contributed by atoms with Crippen LogP contribution in [-0.2, 0) is 11.2 Å². The van der Waals surface area contributed by atoms with Crippen LogP contribution in [0.2, 0.25) is 10.0 Å². The highest BCUT2D eigenvalue weighted by Crippen LogP contribution is 2.29. The molecule has 0 atom stereocenters. The molecule has 1 nitrogen and oxygen atoms in total. The summed E-state index contributed by atoms with van der Waals surface area (Å²) in [6.45, 7) is 1.61. The van der Waals surface area contributed by atoms with Crippen LogP contribution in [-0.4, -0.2) is 5.78 Å². The van der Waals surface area contributed by atoms with Gasteiger partial charge in [-0.1, -0.05) is 53.5 Å². The summed E-state index contributed by atoms with van der Waals surface area (Å²) in [5.74, 6) is 0.208. The number of hydrogen-bond acceptors (Lipinski definition) is 1. The molecule has 0 saturated heterocycles. The predicted molar refractivity (Wildman–Crippen MR) is 80.9 cm³/mol. The lowest BCUT2D eigenvalue weighted by Gasteiger charge is -2.06. The highest BCUT2D eigenvalue weighted by molar-refractivity contribution is 6.42. The van der Waals surface area contributed by atoms with Gasteiger partial charge in [-0.05, 0) is 42.2 Å². The van der Waals surface area contributed by atoms with Gasteiger partial charge in [-0.15, -0.1) is 0 Å². The molecule has 98 valence electrons. The molecular weight excluding hydrogens is 279 g/mol. The van der Waals surface area contributed by atoms with Gasteiger partial charge < -0.3 is 4.79 Å².